The standard InChI is InChI=1S/C23H21F3N4O2/c1-14-15(2)27-13-19(14)22(31)28-21-12-20(30(29-21)17-8-4-3-5-9-17)16-7-6-10-18(11-16)32-23(24,25)26/h3-12,14,19,27H,2,13H2,1H3,(H,28,29,31)/t14-,19-/m0/s1. The molecule has 32 heavy (non-hydrogen) atoms. The molecule has 1 saturated heterocycles. The average molecular weight is 442 g/mol. The zero-order valence-electron chi connectivity index (χ0n) is 17.2. The lowest BCUT2D eigenvalue weighted by molar-refractivity contribution is -0.274. The number of allylic oxidation sites excluding steroid dienone is 1. The van der Waals surface area contributed by atoms with E-state index >= 15 is 0 Å². The number of alkyl halides is 3. The topological polar surface area (TPSA) is 68.2 Å². The number of anilines is 1. The molecule has 6 nitrogen and oxygen atoms in total. The Morgan fingerprint density at radius 1 is 1.19 bits per heavy atom. The number of benzene rings is 2. The van der Waals surface area contributed by atoms with Crippen molar-refractivity contribution in [1.82, 2.24) is 15.1 Å². The molecule has 9 heteroatoms. The Morgan fingerprint density at radius 2 is 1.94 bits per heavy atom. The Bertz CT molecular complexity index is 1140. The molecule has 3 aromatic rings. The van der Waals surface area contributed by atoms with Crippen molar-refractivity contribution >= 4 is 11.7 Å². The van der Waals surface area contributed by atoms with Crippen LogP contribution >= 0.6 is 0 Å². The van der Waals surface area contributed by atoms with Crippen molar-refractivity contribution in [2.24, 2.45) is 11.8 Å². The minimum absolute atomic E-state index is 0.0260. The fourth-order valence-electron chi connectivity index (χ4n) is 3.63. The van der Waals surface area contributed by atoms with Crippen LogP contribution in [0.25, 0.3) is 16.9 Å². The summed E-state index contributed by atoms with van der Waals surface area (Å²) in [7, 11) is 0. The number of nitrogens with zero attached hydrogens (tertiary/aromatic N) is 2. The van der Waals surface area contributed by atoms with Crippen LogP contribution in [0, 0.1) is 11.8 Å². The Hall–Kier alpha value is -3.75. The van der Waals surface area contributed by atoms with Gasteiger partial charge >= 0.3 is 6.36 Å². The highest BCUT2D eigenvalue weighted by Gasteiger charge is 2.33. The van der Waals surface area contributed by atoms with Gasteiger partial charge in [-0.25, -0.2) is 4.68 Å². The number of hydrogen-bond donors (Lipinski definition) is 2. The van der Waals surface area contributed by atoms with E-state index in [0.717, 1.165) is 5.70 Å². The summed E-state index contributed by atoms with van der Waals surface area (Å²) in [6, 6.07) is 16.4. The highest BCUT2D eigenvalue weighted by Crippen LogP contribution is 2.31. The van der Waals surface area contributed by atoms with Gasteiger partial charge in [0.05, 0.1) is 17.3 Å². The van der Waals surface area contributed by atoms with Gasteiger partial charge in [0.1, 0.15) is 5.75 Å². The van der Waals surface area contributed by atoms with Crippen LogP contribution in [-0.2, 0) is 4.79 Å². The van der Waals surface area contributed by atoms with E-state index in [1.807, 2.05) is 37.3 Å². The molecule has 2 aromatic carbocycles. The molecule has 0 bridgehead atoms. The zero-order chi connectivity index (χ0) is 22.9. The Kier molecular flexibility index (Phi) is 5.65. The van der Waals surface area contributed by atoms with E-state index in [9.17, 15) is 18.0 Å². The normalized spacial score (nSPS) is 18.3. The second kappa shape index (κ2) is 8.41. The van der Waals surface area contributed by atoms with Gasteiger partial charge < -0.3 is 15.4 Å². The van der Waals surface area contributed by atoms with Crippen LogP contribution < -0.4 is 15.4 Å². The molecule has 0 unspecified atom stereocenters. The van der Waals surface area contributed by atoms with E-state index in [0.29, 0.717) is 29.3 Å². The number of rotatable bonds is 5. The largest absolute Gasteiger partial charge is 0.573 e. The van der Waals surface area contributed by atoms with Gasteiger partial charge in [0.2, 0.25) is 5.91 Å². The summed E-state index contributed by atoms with van der Waals surface area (Å²) in [6.07, 6.45) is -4.80. The van der Waals surface area contributed by atoms with Gasteiger partial charge in [0.15, 0.2) is 5.82 Å². The fraction of sp³-hybridized carbons (Fsp3) is 0.217. The van der Waals surface area contributed by atoms with E-state index in [1.165, 1.54) is 18.2 Å². The summed E-state index contributed by atoms with van der Waals surface area (Å²) in [5.74, 6) is -0.577. The van der Waals surface area contributed by atoms with Crippen LogP contribution in [0.15, 0.2) is 72.9 Å². The Labute approximate surface area is 182 Å². The molecule has 1 aliphatic rings. The van der Waals surface area contributed by atoms with Gasteiger partial charge in [0.25, 0.3) is 0 Å². The number of carbonyl (C=O) groups is 1. The van der Waals surface area contributed by atoms with Crippen LogP contribution in [0.3, 0.4) is 0 Å². The summed E-state index contributed by atoms with van der Waals surface area (Å²) in [4.78, 5) is 12.8. The maximum atomic E-state index is 12.8. The molecule has 0 saturated carbocycles. The van der Waals surface area contributed by atoms with E-state index in [-0.39, 0.29) is 23.5 Å². The van der Waals surface area contributed by atoms with E-state index in [4.69, 9.17) is 0 Å². The molecule has 0 radical (unpaired) electrons. The first-order chi connectivity index (χ1) is 15.2. The third kappa shape index (κ3) is 4.61. The van der Waals surface area contributed by atoms with Crippen LogP contribution in [0.1, 0.15) is 6.92 Å². The first-order valence-electron chi connectivity index (χ1n) is 9.96. The van der Waals surface area contributed by atoms with Crippen molar-refractivity contribution < 1.29 is 22.7 Å². The highest BCUT2D eigenvalue weighted by atomic mass is 19.4. The predicted molar refractivity (Wildman–Crippen MR) is 114 cm³/mol. The third-order valence-corrected chi connectivity index (χ3v) is 5.36. The van der Waals surface area contributed by atoms with E-state index in [1.54, 1.807) is 16.8 Å². The maximum absolute atomic E-state index is 12.8. The lowest BCUT2D eigenvalue weighted by Crippen LogP contribution is -2.28. The number of hydrogen-bond acceptors (Lipinski definition) is 4. The smallest absolute Gasteiger partial charge is 0.406 e. The highest BCUT2D eigenvalue weighted by molar-refractivity contribution is 5.93. The number of amides is 1. The SMILES string of the molecule is C=C1NC[C@H](C(=O)Nc2cc(-c3cccc(OC(F)(F)F)c3)n(-c3ccccc3)n2)[C@H]1C. The van der Waals surface area contributed by atoms with Crippen molar-refractivity contribution in [1.29, 1.82) is 0 Å². The molecule has 0 spiro atoms. The molecule has 166 valence electrons. The van der Waals surface area contributed by atoms with Gasteiger partial charge in [-0.2, -0.15) is 0 Å². The summed E-state index contributed by atoms with van der Waals surface area (Å²) >= 11 is 0. The van der Waals surface area contributed by atoms with Crippen LogP contribution in [-0.4, -0.2) is 28.6 Å². The summed E-state index contributed by atoms with van der Waals surface area (Å²) in [6.45, 7) is 6.31. The lowest BCUT2D eigenvalue weighted by atomic mass is 9.95. The summed E-state index contributed by atoms with van der Waals surface area (Å²) in [5.41, 5.74) is 2.45. The van der Waals surface area contributed by atoms with E-state index < -0.39 is 6.36 Å². The molecule has 1 aliphatic heterocycles. The van der Waals surface area contributed by atoms with Gasteiger partial charge in [-0.05, 0) is 24.3 Å². The first kappa shape index (κ1) is 21.5. The third-order valence-electron chi connectivity index (χ3n) is 5.36. The molecule has 1 amide bonds. The fourth-order valence-corrected chi connectivity index (χ4v) is 3.63. The molecule has 1 aromatic heterocycles. The Morgan fingerprint density at radius 3 is 2.59 bits per heavy atom. The zero-order valence-corrected chi connectivity index (χ0v) is 17.2. The number of aromatic nitrogens is 2. The van der Waals surface area contributed by atoms with Crippen LogP contribution in [0.4, 0.5) is 19.0 Å². The maximum Gasteiger partial charge on any atom is 0.573 e. The van der Waals surface area contributed by atoms with Crippen molar-refractivity contribution in [2.45, 2.75) is 13.3 Å². The number of nitrogens with one attached hydrogen (secondary N) is 2. The quantitative estimate of drug-likeness (QED) is 0.599. The molecule has 2 N–H and O–H groups in total. The second-order valence-corrected chi connectivity index (χ2v) is 7.53. The van der Waals surface area contributed by atoms with Crippen LogP contribution in [0.5, 0.6) is 5.75 Å². The number of para-hydroxylation sites is 1. The van der Waals surface area contributed by atoms with Gasteiger partial charge in [-0.3, -0.25) is 4.79 Å². The van der Waals surface area contributed by atoms with E-state index in [2.05, 4.69) is 27.0 Å². The summed E-state index contributed by atoms with van der Waals surface area (Å²) < 4.78 is 43.6. The molecule has 1 fully saturated rings. The van der Waals surface area contributed by atoms with Gasteiger partial charge in [-0.15, -0.1) is 18.3 Å². The minimum atomic E-state index is -4.80. The number of halogens is 3. The minimum Gasteiger partial charge on any atom is -0.406 e. The second-order valence-electron chi connectivity index (χ2n) is 7.53. The first-order valence-corrected chi connectivity index (χ1v) is 9.96. The molecule has 2 atom stereocenters. The van der Waals surface area contributed by atoms with Gasteiger partial charge in [-0.1, -0.05) is 43.8 Å². The molecular formula is C23H21F3N4O2. The molecule has 0 aliphatic carbocycles. The molecule has 4 rings (SSSR count). The molecular weight excluding hydrogens is 421 g/mol. The van der Waals surface area contributed by atoms with Crippen molar-refractivity contribution in [3.05, 3.63) is 72.9 Å². The van der Waals surface area contributed by atoms with Crippen molar-refractivity contribution in [3.63, 3.8) is 0 Å². The summed E-state index contributed by atoms with van der Waals surface area (Å²) in [5, 5.41) is 10.4. The van der Waals surface area contributed by atoms with Gasteiger partial charge in [0, 0.05) is 29.8 Å². The number of ether oxygens (including phenoxy) is 1. The number of carbonyl (C=O) groups excluding carboxylic acids is 1. The predicted octanol–water partition coefficient (Wildman–Crippen LogP) is 4.75. The van der Waals surface area contributed by atoms with Crippen molar-refractivity contribution in [2.75, 3.05) is 11.9 Å². The lowest BCUT2D eigenvalue weighted by Gasteiger charge is -2.12. The van der Waals surface area contributed by atoms with Crippen molar-refractivity contribution in [3.8, 4) is 22.7 Å². The molecule has 2 heterocycles. The Balaban J connectivity index is 1.69. The van der Waals surface area contributed by atoms with Crippen LogP contribution in [0.2, 0.25) is 0 Å². The average Bonchev–Trinajstić information content (AvgIpc) is 3.31. The monoisotopic (exact) mass is 442 g/mol.